The topological polar surface area (TPSA) is 111 Å². The summed E-state index contributed by atoms with van der Waals surface area (Å²) in [5.41, 5.74) is 2.28. The van der Waals surface area contributed by atoms with Gasteiger partial charge >= 0.3 is 29.6 Å². The molecule has 1 aromatic heterocycles. The van der Waals surface area contributed by atoms with Crippen molar-refractivity contribution in [1.82, 2.24) is 8.75 Å². The minimum atomic E-state index is -1.47. The van der Waals surface area contributed by atoms with Gasteiger partial charge in [0.1, 0.15) is 11.0 Å². The average molecular weight is 615 g/mol. The Balaban J connectivity index is 0.00000484. The van der Waals surface area contributed by atoms with E-state index in [0.717, 1.165) is 16.6 Å². The van der Waals surface area contributed by atoms with Crippen molar-refractivity contribution in [3.05, 3.63) is 76.9 Å². The van der Waals surface area contributed by atoms with Gasteiger partial charge < -0.3 is 24.1 Å². The largest absolute Gasteiger partial charge is 1.00 e. The van der Waals surface area contributed by atoms with E-state index in [1.807, 2.05) is 46.1 Å². The number of ether oxygens (including phenoxy) is 3. The number of aromatic nitrogens is 2. The van der Waals surface area contributed by atoms with Gasteiger partial charge in [-0.25, -0.2) is 0 Å². The molecule has 0 N–H and O–H groups in total. The van der Waals surface area contributed by atoms with Crippen LogP contribution in [-0.4, -0.2) is 46.1 Å². The molecule has 0 saturated carbocycles. The second-order valence-corrected chi connectivity index (χ2v) is 11.2. The molecule has 0 fully saturated rings. The summed E-state index contributed by atoms with van der Waals surface area (Å²) < 4.78 is 26.2. The molecule has 0 aliphatic carbocycles. The molecule has 1 heterocycles. The number of carboxylic acids is 1. The number of rotatable bonds is 12. The van der Waals surface area contributed by atoms with Crippen LogP contribution in [0.25, 0.3) is 16.6 Å². The summed E-state index contributed by atoms with van der Waals surface area (Å²) >= 11 is 2.57. The molecule has 3 aromatic carbocycles. The molecule has 0 spiro atoms. The summed E-state index contributed by atoms with van der Waals surface area (Å²) in [6.07, 6.45) is 1.59. The maximum atomic E-state index is 14.0. The molecule has 11 heteroatoms. The van der Waals surface area contributed by atoms with Gasteiger partial charge in [-0.3, -0.25) is 4.79 Å². The van der Waals surface area contributed by atoms with E-state index in [0.29, 0.717) is 45.0 Å². The zero-order valence-electron chi connectivity index (χ0n) is 24.7. The van der Waals surface area contributed by atoms with Crippen molar-refractivity contribution in [1.29, 1.82) is 0 Å². The Kier molecular flexibility index (Phi) is 12.0. The number of methoxy groups -OCH3 is 1. The van der Waals surface area contributed by atoms with Crippen LogP contribution >= 0.6 is 23.5 Å². The van der Waals surface area contributed by atoms with Gasteiger partial charge in [0, 0.05) is 28.0 Å². The van der Waals surface area contributed by atoms with Gasteiger partial charge in [0.25, 0.3) is 0 Å². The Morgan fingerprint density at radius 3 is 2.10 bits per heavy atom. The molecule has 0 bridgehead atoms. The first-order valence-electron chi connectivity index (χ1n) is 13.0. The minimum Gasteiger partial charge on any atom is -0.545 e. The number of hydrogen-bond acceptors (Lipinski definition) is 10. The van der Waals surface area contributed by atoms with Crippen molar-refractivity contribution < 1.29 is 58.5 Å². The second kappa shape index (κ2) is 15.0. The zero-order valence-corrected chi connectivity index (χ0v) is 28.4. The van der Waals surface area contributed by atoms with E-state index >= 15 is 0 Å². The molecule has 214 valence electrons. The number of Topliss-reactive ketones (excluding diaryl/α,β-unsaturated/α-hetero) is 1. The molecule has 0 amide bonds. The predicted octanol–water partition coefficient (Wildman–Crippen LogP) is 2.63. The summed E-state index contributed by atoms with van der Waals surface area (Å²) in [5.74, 6) is -0.619. The monoisotopic (exact) mass is 614 g/mol. The van der Waals surface area contributed by atoms with Gasteiger partial charge in [-0.1, -0.05) is 6.07 Å². The summed E-state index contributed by atoms with van der Waals surface area (Å²) in [6.45, 7) is 7.58. The van der Waals surface area contributed by atoms with Crippen molar-refractivity contribution in [3.8, 4) is 17.2 Å². The van der Waals surface area contributed by atoms with Crippen LogP contribution in [0.3, 0.4) is 0 Å². The molecule has 0 aliphatic heterocycles. The summed E-state index contributed by atoms with van der Waals surface area (Å²) in [6, 6.07) is 15.5. The number of carbonyl (C=O) groups is 2. The van der Waals surface area contributed by atoms with Gasteiger partial charge in [-0.15, -0.1) is 11.8 Å². The van der Waals surface area contributed by atoms with Crippen LogP contribution in [0.5, 0.6) is 17.2 Å². The maximum Gasteiger partial charge on any atom is 1.00 e. The fourth-order valence-electron chi connectivity index (χ4n) is 4.33. The molecule has 8 nitrogen and oxygen atoms in total. The number of allylic oxidation sites excluding steroid dienone is 1. The van der Waals surface area contributed by atoms with Crippen molar-refractivity contribution in [3.63, 3.8) is 0 Å². The number of carboxylic acid groups (broad SMARTS) is 1. The van der Waals surface area contributed by atoms with E-state index < -0.39 is 11.8 Å². The number of ketones is 1. The number of hydrogen-bond donors (Lipinski definition) is 0. The number of fused-ring (bicyclic) bond motifs is 1. The average Bonchev–Trinajstić information content (AvgIpc) is 3.41. The molecule has 4 rings (SSSR count). The Morgan fingerprint density at radius 2 is 1.50 bits per heavy atom. The van der Waals surface area contributed by atoms with Gasteiger partial charge in [0.15, 0.2) is 17.3 Å². The van der Waals surface area contributed by atoms with E-state index in [4.69, 9.17) is 14.2 Å². The molecule has 4 aromatic rings. The third-order valence-electron chi connectivity index (χ3n) is 6.07. The van der Waals surface area contributed by atoms with Gasteiger partial charge in [0.05, 0.1) is 37.0 Å². The molecule has 0 radical (unpaired) electrons. The molecular weight excluding hydrogens is 583 g/mol. The van der Waals surface area contributed by atoms with E-state index in [1.165, 1.54) is 7.11 Å². The maximum absolute atomic E-state index is 14.0. The van der Waals surface area contributed by atoms with E-state index in [2.05, 4.69) is 8.75 Å². The zero-order chi connectivity index (χ0) is 29.7. The van der Waals surface area contributed by atoms with Gasteiger partial charge in [-0.05, 0) is 93.6 Å². The number of carbonyl (C=O) groups excluding carboxylic acids is 2. The Morgan fingerprint density at radius 1 is 0.881 bits per heavy atom. The molecule has 0 saturated heterocycles. The summed E-state index contributed by atoms with van der Waals surface area (Å²) in [5, 5.41) is 12.7. The predicted molar refractivity (Wildman–Crippen MR) is 160 cm³/mol. The van der Waals surface area contributed by atoms with Crippen LogP contribution in [0.2, 0.25) is 0 Å². The SMILES string of the molecule is COc1cc(CC(C(=O)c2ccc(SC)cc2)=C(C(=O)[O-])c2ccc3nsnc3c2)cc(OC(C)C)c1OC(C)C.[Na+]. The Bertz CT molecular complexity index is 1600. The molecule has 0 atom stereocenters. The second-order valence-electron chi connectivity index (χ2n) is 9.80. The molecule has 42 heavy (non-hydrogen) atoms. The Hall–Kier alpha value is -2.89. The van der Waals surface area contributed by atoms with Gasteiger partial charge in [-0.2, -0.15) is 8.75 Å². The smallest absolute Gasteiger partial charge is 0.545 e. The van der Waals surface area contributed by atoms with Crippen LogP contribution in [0.1, 0.15) is 49.2 Å². The van der Waals surface area contributed by atoms with Crippen LogP contribution in [0, 0.1) is 0 Å². The minimum absolute atomic E-state index is 0. The molecule has 0 unspecified atom stereocenters. The first kappa shape index (κ1) is 33.6. The first-order chi connectivity index (χ1) is 19.6. The summed E-state index contributed by atoms with van der Waals surface area (Å²) in [7, 11) is 1.52. The third-order valence-corrected chi connectivity index (χ3v) is 7.37. The van der Waals surface area contributed by atoms with Crippen molar-refractivity contribution in [2.75, 3.05) is 13.4 Å². The standard InChI is InChI=1S/C31H32N2O6S2.Na/c1-17(2)38-27-15-19(14-26(37-5)30(27)39-18(3)4)13-23(29(34)20-7-10-22(40-6)11-8-20)28(31(35)36)21-9-12-24-25(16-21)33-41-32-24;/h7-12,14-18H,13H2,1-6H3,(H,35,36);/q;+1/p-1. The fourth-order valence-corrected chi connectivity index (χ4v) is 5.26. The van der Waals surface area contributed by atoms with Crippen molar-refractivity contribution in [2.45, 2.75) is 51.2 Å². The van der Waals surface area contributed by atoms with Crippen LogP contribution in [0.4, 0.5) is 0 Å². The van der Waals surface area contributed by atoms with Crippen molar-refractivity contribution >= 4 is 51.8 Å². The van der Waals surface area contributed by atoms with Crippen LogP contribution in [-0.2, 0) is 11.2 Å². The van der Waals surface area contributed by atoms with Crippen LogP contribution < -0.4 is 48.9 Å². The fraction of sp³-hybridized carbons (Fsp3) is 0.290. The normalized spacial score (nSPS) is 11.7. The van der Waals surface area contributed by atoms with E-state index in [9.17, 15) is 14.7 Å². The molecule has 0 aliphatic rings. The van der Waals surface area contributed by atoms with Gasteiger partial charge in [0.2, 0.25) is 5.75 Å². The Labute approximate surface area is 276 Å². The van der Waals surface area contributed by atoms with Crippen LogP contribution in [0.15, 0.2) is 65.1 Å². The van der Waals surface area contributed by atoms with E-state index in [-0.39, 0.29) is 59.3 Å². The number of benzene rings is 3. The molecular formula is C31H31N2NaO6S2. The first-order valence-corrected chi connectivity index (χ1v) is 15.0. The quantitative estimate of drug-likeness (QED) is 0.103. The third kappa shape index (κ3) is 7.93. The van der Waals surface area contributed by atoms with E-state index in [1.54, 1.807) is 54.2 Å². The summed E-state index contributed by atoms with van der Waals surface area (Å²) in [4.78, 5) is 27.7. The number of thioether (sulfide) groups is 1. The van der Waals surface area contributed by atoms with Crippen molar-refractivity contribution in [2.24, 2.45) is 0 Å². The number of nitrogens with zero attached hydrogens (tertiary/aromatic N) is 2. The number of aliphatic carboxylic acids is 1.